The van der Waals surface area contributed by atoms with Crippen molar-refractivity contribution in [2.75, 3.05) is 74.7 Å². The molecule has 31 heavy (non-hydrogen) atoms. The fourth-order valence-corrected chi connectivity index (χ4v) is 5.11. The average molecular weight is 440 g/mol. The summed E-state index contributed by atoms with van der Waals surface area (Å²) in [6.07, 6.45) is 0. The zero-order valence-electron chi connectivity index (χ0n) is 18.6. The van der Waals surface area contributed by atoms with E-state index < -0.39 is 0 Å². The standard InChI is InChI=1S/C24H33N5OS/c1-25-24(26-19-20-7-9-21(10-8-20)27-15-17-31-18-16-27)29-13-11-28(12-14-29)22-5-3-4-6-23(22)30-2/h3-10H,11-19H2,1-2H3,(H,25,26). The Labute approximate surface area is 190 Å². The van der Waals surface area contributed by atoms with Crippen LogP contribution in [-0.2, 0) is 6.54 Å². The van der Waals surface area contributed by atoms with E-state index in [2.05, 4.69) is 61.4 Å². The molecule has 0 atom stereocenters. The summed E-state index contributed by atoms with van der Waals surface area (Å²) in [5.74, 6) is 4.36. The van der Waals surface area contributed by atoms with E-state index in [9.17, 15) is 0 Å². The van der Waals surface area contributed by atoms with Crippen molar-refractivity contribution in [1.82, 2.24) is 10.2 Å². The lowest BCUT2D eigenvalue weighted by Crippen LogP contribution is -2.52. The third-order valence-corrected chi connectivity index (χ3v) is 6.92. The van der Waals surface area contributed by atoms with Gasteiger partial charge < -0.3 is 24.8 Å². The Bertz CT molecular complexity index is 859. The average Bonchev–Trinajstić information content (AvgIpc) is 2.86. The molecule has 0 aromatic heterocycles. The zero-order valence-corrected chi connectivity index (χ0v) is 19.4. The third kappa shape index (κ3) is 5.39. The van der Waals surface area contributed by atoms with E-state index in [4.69, 9.17) is 4.74 Å². The molecule has 4 rings (SSSR count). The van der Waals surface area contributed by atoms with Crippen molar-refractivity contribution in [1.29, 1.82) is 0 Å². The predicted molar refractivity (Wildman–Crippen MR) is 133 cm³/mol. The van der Waals surface area contributed by atoms with Gasteiger partial charge in [-0.2, -0.15) is 11.8 Å². The highest BCUT2D eigenvalue weighted by molar-refractivity contribution is 7.99. The second-order valence-corrected chi connectivity index (χ2v) is 9.04. The Balaban J connectivity index is 1.29. The number of rotatable bonds is 5. The smallest absolute Gasteiger partial charge is 0.194 e. The SMILES string of the molecule is CN=C(NCc1ccc(N2CCSCC2)cc1)N1CCN(c2ccccc2OC)CC1. The topological polar surface area (TPSA) is 43.3 Å². The first-order valence-electron chi connectivity index (χ1n) is 11.0. The number of hydrogen-bond donors (Lipinski definition) is 1. The zero-order chi connectivity index (χ0) is 21.5. The molecule has 0 bridgehead atoms. The number of aliphatic imine (C=N–C) groups is 1. The molecule has 2 saturated heterocycles. The van der Waals surface area contributed by atoms with Crippen molar-refractivity contribution in [3.05, 3.63) is 54.1 Å². The number of nitrogens with zero attached hydrogens (tertiary/aromatic N) is 4. The first kappa shape index (κ1) is 21.7. The second kappa shape index (κ2) is 10.7. The number of ether oxygens (including phenoxy) is 1. The molecule has 2 aromatic carbocycles. The maximum absolute atomic E-state index is 5.53. The highest BCUT2D eigenvalue weighted by Gasteiger charge is 2.21. The van der Waals surface area contributed by atoms with Crippen LogP contribution in [0.25, 0.3) is 0 Å². The van der Waals surface area contributed by atoms with Crippen LogP contribution in [0.5, 0.6) is 5.75 Å². The Hall–Kier alpha value is -2.54. The Kier molecular flexibility index (Phi) is 7.46. The van der Waals surface area contributed by atoms with Gasteiger partial charge in [0.25, 0.3) is 0 Å². The summed E-state index contributed by atoms with van der Waals surface area (Å²) in [4.78, 5) is 11.7. The highest BCUT2D eigenvalue weighted by atomic mass is 32.2. The number of thioether (sulfide) groups is 1. The number of hydrogen-bond acceptors (Lipinski definition) is 5. The lowest BCUT2D eigenvalue weighted by molar-refractivity contribution is 0.367. The van der Waals surface area contributed by atoms with E-state index in [0.29, 0.717) is 0 Å². The first-order chi connectivity index (χ1) is 15.3. The van der Waals surface area contributed by atoms with Gasteiger partial charge in [-0.05, 0) is 29.8 Å². The molecule has 0 amide bonds. The van der Waals surface area contributed by atoms with Crippen molar-refractivity contribution in [2.45, 2.75) is 6.54 Å². The molecular formula is C24H33N5OS. The number of benzene rings is 2. The minimum absolute atomic E-state index is 0.787. The van der Waals surface area contributed by atoms with Crippen LogP contribution in [0.15, 0.2) is 53.5 Å². The third-order valence-electron chi connectivity index (χ3n) is 5.98. The number of para-hydroxylation sites is 2. The molecule has 1 N–H and O–H groups in total. The van der Waals surface area contributed by atoms with Gasteiger partial charge in [-0.3, -0.25) is 4.99 Å². The van der Waals surface area contributed by atoms with E-state index >= 15 is 0 Å². The summed E-state index contributed by atoms with van der Waals surface area (Å²) in [5, 5.41) is 3.55. The fourth-order valence-electron chi connectivity index (χ4n) is 4.21. The van der Waals surface area contributed by atoms with Crippen LogP contribution in [0.4, 0.5) is 11.4 Å². The Morgan fingerprint density at radius 3 is 2.32 bits per heavy atom. The molecule has 2 aliphatic rings. The number of methoxy groups -OCH3 is 1. The van der Waals surface area contributed by atoms with Gasteiger partial charge in [0.1, 0.15) is 5.75 Å². The predicted octanol–water partition coefficient (Wildman–Crippen LogP) is 3.15. The van der Waals surface area contributed by atoms with Crippen molar-refractivity contribution in [3.63, 3.8) is 0 Å². The largest absolute Gasteiger partial charge is 0.495 e. The van der Waals surface area contributed by atoms with Crippen LogP contribution in [-0.4, -0.2) is 75.8 Å². The van der Waals surface area contributed by atoms with Gasteiger partial charge in [-0.15, -0.1) is 0 Å². The Morgan fingerprint density at radius 2 is 1.65 bits per heavy atom. The minimum Gasteiger partial charge on any atom is -0.495 e. The normalized spacial score (nSPS) is 17.6. The van der Waals surface area contributed by atoms with Gasteiger partial charge in [-0.25, -0.2) is 0 Å². The molecule has 0 radical (unpaired) electrons. The van der Waals surface area contributed by atoms with Gasteiger partial charge >= 0.3 is 0 Å². The molecule has 6 nitrogen and oxygen atoms in total. The van der Waals surface area contributed by atoms with Crippen LogP contribution in [0.2, 0.25) is 0 Å². The van der Waals surface area contributed by atoms with E-state index in [1.165, 1.54) is 28.4 Å². The summed E-state index contributed by atoms with van der Waals surface area (Å²) >= 11 is 2.05. The molecule has 0 saturated carbocycles. The van der Waals surface area contributed by atoms with E-state index in [-0.39, 0.29) is 0 Å². The summed E-state index contributed by atoms with van der Waals surface area (Å²) in [5.41, 5.74) is 3.78. The molecule has 0 aliphatic carbocycles. The molecule has 2 aliphatic heterocycles. The first-order valence-corrected chi connectivity index (χ1v) is 12.2. The number of nitrogens with one attached hydrogen (secondary N) is 1. The second-order valence-electron chi connectivity index (χ2n) is 7.81. The molecule has 2 fully saturated rings. The van der Waals surface area contributed by atoms with E-state index in [0.717, 1.165) is 57.5 Å². The van der Waals surface area contributed by atoms with Crippen molar-refractivity contribution in [3.8, 4) is 5.75 Å². The quantitative estimate of drug-likeness (QED) is 0.570. The van der Waals surface area contributed by atoms with Gasteiger partial charge in [0, 0.05) is 70.1 Å². The van der Waals surface area contributed by atoms with E-state index in [1.807, 2.05) is 30.9 Å². The maximum Gasteiger partial charge on any atom is 0.194 e. The van der Waals surface area contributed by atoms with Crippen LogP contribution in [0.3, 0.4) is 0 Å². The molecule has 2 heterocycles. The summed E-state index contributed by atoms with van der Waals surface area (Å²) in [7, 11) is 3.60. The van der Waals surface area contributed by atoms with Gasteiger partial charge in [0.15, 0.2) is 5.96 Å². The highest BCUT2D eigenvalue weighted by Crippen LogP contribution is 2.28. The summed E-state index contributed by atoms with van der Waals surface area (Å²) < 4.78 is 5.53. The minimum atomic E-state index is 0.787. The van der Waals surface area contributed by atoms with Gasteiger partial charge in [0.05, 0.1) is 12.8 Å². The van der Waals surface area contributed by atoms with E-state index in [1.54, 1.807) is 7.11 Å². The molecule has 0 spiro atoms. The monoisotopic (exact) mass is 439 g/mol. The molecule has 0 unspecified atom stereocenters. The number of anilines is 2. The summed E-state index contributed by atoms with van der Waals surface area (Å²) in [6, 6.07) is 17.2. The van der Waals surface area contributed by atoms with Crippen molar-refractivity contribution >= 4 is 29.1 Å². The number of guanidine groups is 1. The molecule has 166 valence electrons. The molecule has 2 aromatic rings. The maximum atomic E-state index is 5.53. The van der Waals surface area contributed by atoms with Crippen LogP contribution in [0, 0.1) is 0 Å². The van der Waals surface area contributed by atoms with Crippen molar-refractivity contribution in [2.24, 2.45) is 4.99 Å². The molecule has 7 heteroatoms. The lowest BCUT2D eigenvalue weighted by Gasteiger charge is -2.38. The van der Waals surface area contributed by atoms with Crippen LogP contribution >= 0.6 is 11.8 Å². The Morgan fingerprint density at radius 1 is 0.935 bits per heavy atom. The molecular weight excluding hydrogens is 406 g/mol. The lowest BCUT2D eigenvalue weighted by atomic mass is 10.2. The van der Waals surface area contributed by atoms with Gasteiger partial charge in [0.2, 0.25) is 0 Å². The van der Waals surface area contributed by atoms with Crippen LogP contribution in [0.1, 0.15) is 5.56 Å². The number of piperazine rings is 1. The van der Waals surface area contributed by atoms with Gasteiger partial charge in [-0.1, -0.05) is 24.3 Å². The van der Waals surface area contributed by atoms with Crippen molar-refractivity contribution < 1.29 is 4.74 Å². The van der Waals surface area contributed by atoms with Crippen LogP contribution < -0.4 is 19.9 Å². The summed E-state index contributed by atoms with van der Waals surface area (Å²) in [6.45, 7) is 6.85. The fraction of sp³-hybridized carbons (Fsp3) is 0.458.